The lowest BCUT2D eigenvalue weighted by molar-refractivity contribution is -0.132. The number of amides is 3. The zero-order chi connectivity index (χ0) is 15.9. The number of nitrogens with zero attached hydrogens (tertiary/aromatic N) is 1. The van der Waals surface area contributed by atoms with Crippen LogP contribution < -0.4 is 10.1 Å². The number of ether oxygens (including phenoxy) is 1. The topological polar surface area (TPSA) is 58.6 Å². The number of nitrogens with one attached hydrogen (secondary N) is 1. The summed E-state index contributed by atoms with van der Waals surface area (Å²) in [6.07, 6.45) is 1.60. The zero-order valence-electron chi connectivity index (χ0n) is 13.3. The van der Waals surface area contributed by atoms with Crippen molar-refractivity contribution < 1.29 is 14.3 Å². The Bertz CT molecular complexity index is 626. The molecule has 22 heavy (non-hydrogen) atoms. The summed E-state index contributed by atoms with van der Waals surface area (Å²) in [6.45, 7) is 6.83. The molecule has 0 aromatic heterocycles. The Morgan fingerprint density at radius 3 is 2.82 bits per heavy atom. The lowest BCUT2D eigenvalue weighted by Crippen LogP contribution is -2.48. The Hall–Kier alpha value is -2.04. The van der Waals surface area contributed by atoms with Crippen LogP contribution in [-0.2, 0) is 17.6 Å². The first-order valence-corrected chi connectivity index (χ1v) is 7.80. The molecule has 3 amide bonds. The van der Waals surface area contributed by atoms with E-state index in [-0.39, 0.29) is 17.9 Å². The standard InChI is InChI=1S/C17H22N2O3/c1-11(2)17(3)15(20)19(16(21)18-17)8-6-12-4-5-14-13(10-12)7-9-22-14/h4-5,10-11H,6-9H2,1-3H3,(H,18,21)/t17-/m0/s1. The predicted octanol–water partition coefficient (Wildman–Crippen LogP) is 2.13. The zero-order valence-corrected chi connectivity index (χ0v) is 13.3. The van der Waals surface area contributed by atoms with Gasteiger partial charge in [-0.05, 0) is 36.5 Å². The average molecular weight is 302 g/mol. The van der Waals surface area contributed by atoms with Gasteiger partial charge in [0.2, 0.25) is 0 Å². The molecule has 2 aliphatic heterocycles. The van der Waals surface area contributed by atoms with Gasteiger partial charge in [-0.3, -0.25) is 9.69 Å². The van der Waals surface area contributed by atoms with E-state index in [9.17, 15) is 9.59 Å². The second-order valence-corrected chi connectivity index (χ2v) is 6.53. The van der Waals surface area contributed by atoms with E-state index in [1.165, 1.54) is 10.5 Å². The van der Waals surface area contributed by atoms with Crippen molar-refractivity contribution in [3.63, 3.8) is 0 Å². The van der Waals surface area contributed by atoms with E-state index in [1.54, 1.807) is 6.92 Å². The average Bonchev–Trinajstić information content (AvgIpc) is 3.01. The summed E-state index contributed by atoms with van der Waals surface area (Å²) in [7, 11) is 0. The predicted molar refractivity (Wildman–Crippen MR) is 82.8 cm³/mol. The molecular weight excluding hydrogens is 280 g/mol. The Morgan fingerprint density at radius 1 is 1.36 bits per heavy atom. The molecule has 5 heteroatoms. The van der Waals surface area contributed by atoms with Gasteiger partial charge in [0.1, 0.15) is 11.3 Å². The van der Waals surface area contributed by atoms with Crippen molar-refractivity contribution in [2.75, 3.05) is 13.2 Å². The number of carbonyl (C=O) groups excluding carboxylic acids is 2. The van der Waals surface area contributed by atoms with Gasteiger partial charge in [0.15, 0.2) is 0 Å². The maximum Gasteiger partial charge on any atom is 0.325 e. The van der Waals surface area contributed by atoms with Crippen LogP contribution in [0.4, 0.5) is 4.79 Å². The molecule has 0 aliphatic carbocycles. The lowest BCUT2D eigenvalue weighted by Gasteiger charge is -2.25. The molecule has 0 radical (unpaired) electrons. The highest BCUT2D eigenvalue weighted by Crippen LogP contribution is 2.28. The summed E-state index contributed by atoms with van der Waals surface area (Å²) in [5.74, 6) is 0.884. The third-order valence-corrected chi connectivity index (χ3v) is 4.83. The number of imide groups is 1. The number of hydrogen-bond acceptors (Lipinski definition) is 3. The number of carbonyl (C=O) groups is 2. The van der Waals surface area contributed by atoms with Crippen LogP contribution in [0.15, 0.2) is 18.2 Å². The Kier molecular flexibility index (Phi) is 3.59. The molecule has 0 bridgehead atoms. The Morgan fingerprint density at radius 2 is 2.14 bits per heavy atom. The fraction of sp³-hybridized carbons (Fsp3) is 0.529. The molecule has 1 atom stereocenters. The molecule has 0 saturated carbocycles. The number of benzene rings is 1. The Balaban J connectivity index is 1.69. The Labute approximate surface area is 130 Å². The van der Waals surface area contributed by atoms with Crippen LogP contribution >= 0.6 is 0 Å². The fourth-order valence-corrected chi connectivity index (χ4v) is 2.95. The summed E-state index contributed by atoms with van der Waals surface area (Å²) in [6, 6.07) is 5.81. The van der Waals surface area contributed by atoms with E-state index < -0.39 is 5.54 Å². The van der Waals surface area contributed by atoms with Crippen molar-refractivity contribution in [1.82, 2.24) is 10.2 Å². The summed E-state index contributed by atoms with van der Waals surface area (Å²) in [4.78, 5) is 25.9. The number of fused-ring (bicyclic) bond motifs is 1. The fourth-order valence-electron chi connectivity index (χ4n) is 2.95. The third-order valence-electron chi connectivity index (χ3n) is 4.83. The van der Waals surface area contributed by atoms with Gasteiger partial charge in [-0.25, -0.2) is 4.79 Å². The molecule has 1 aromatic carbocycles. The van der Waals surface area contributed by atoms with Crippen LogP contribution in [0.25, 0.3) is 0 Å². The molecule has 5 nitrogen and oxygen atoms in total. The third kappa shape index (κ3) is 2.34. The van der Waals surface area contributed by atoms with Crippen LogP contribution in [0.5, 0.6) is 5.75 Å². The molecule has 2 aliphatic rings. The summed E-state index contributed by atoms with van der Waals surface area (Å²) in [5, 5.41) is 2.82. The summed E-state index contributed by atoms with van der Waals surface area (Å²) < 4.78 is 5.49. The minimum atomic E-state index is -0.789. The minimum Gasteiger partial charge on any atom is -0.493 e. The molecular formula is C17H22N2O3. The van der Waals surface area contributed by atoms with Crippen molar-refractivity contribution in [1.29, 1.82) is 0 Å². The largest absolute Gasteiger partial charge is 0.493 e. The van der Waals surface area contributed by atoms with Gasteiger partial charge in [0, 0.05) is 13.0 Å². The van der Waals surface area contributed by atoms with Crippen LogP contribution in [-0.4, -0.2) is 35.5 Å². The monoisotopic (exact) mass is 302 g/mol. The molecule has 0 spiro atoms. The molecule has 3 rings (SSSR count). The second-order valence-electron chi connectivity index (χ2n) is 6.53. The van der Waals surface area contributed by atoms with Gasteiger partial charge in [0.25, 0.3) is 5.91 Å². The molecule has 1 saturated heterocycles. The van der Waals surface area contributed by atoms with E-state index in [0.717, 1.165) is 24.3 Å². The highest BCUT2D eigenvalue weighted by atomic mass is 16.5. The van der Waals surface area contributed by atoms with Gasteiger partial charge in [-0.2, -0.15) is 0 Å². The number of rotatable bonds is 4. The van der Waals surface area contributed by atoms with Crippen LogP contribution in [0.1, 0.15) is 31.9 Å². The SMILES string of the molecule is CC(C)[C@]1(C)NC(=O)N(CCc2ccc3c(c2)CCO3)C1=O. The second kappa shape index (κ2) is 5.30. The van der Waals surface area contributed by atoms with Crippen molar-refractivity contribution in [2.45, 2.75) is 39.2 Å². The molecule has 2 heterocycles. The first-order valence-electron chi connectivity index (χ1n) is 7.80. The molecule has 1 fully saturated rings. The molecule has 0 unspecified atom stereocenters. The lowest BCUT2D eigenvalue weighted by atomic mass is 9.88. The van der Waals surface area contributed by atoms with E-state index in [2.05, 4.69) is 11.4 Å². The van der Waals surface area contributed by atoms with Crippen molar-refractivity contribution in [2.24, 2.45) is 5.92 Å². The maximum atomic E-state index is 12.5. The first kappa shape index (κ1) is 14.9. The van der Waals surface area contributed by atoms with Crippen molar-refractivity contribution in [3.05, 3.63) is 29.3 Å². The van der Waals surface area contributed by atoms with Crippen LogP contribution in [0.3, 0.4) is 0 Å². The number of urea groups is 1. The van der Waals surface area contributed by atoms with E-state index >= 15 is 0 Å². The van der Waals surface area contributed by atoms with Gasteiger partial charge in [0.05, 0.1) is 6.61 Å². The van der Waals surface area contributed by atoms with Crippen molar-refractivity contribution >= 4 is 11.9 Å². The van der Waals surface area contributed by atoms with E-state index in [1.807, 2.05) is 26.0 Å². The molecule has 118 valence electrons. The van der Waals surface area contributed by atoms with Crippen LogP contribution in [0, 0.1) is 5.92 Å². The minimum absolute atomic E-state index is 0.0612. The summed E-state index contributed by atoms with van der Waals surface area (Å²) in [5.41, 5.74) is 1.55. The molecule has 1 aromatic rings. The van der Waals surface area contributed by atoms with Gasteiger partial charge in [-0.1, -0.05) is 26.0 Å². The van der Waals surface area contributed by atoms with Crippen LogP contribution in [0.2, 0.25) is 0 Å². The first-order chi connectivity index (χ1) is 10.4. The quantitative estimate of drug-likeness (QED) is 0.867. The van der Waals surface area contributed by atoms with E-state index in [4.69, 9.17) is 4.74 Å². The number of hydrogen-bond donors (Lipinski definition) is 1. The van der Waals surface area contributed by atoms with Gasteiger partial charge in [-0.15, -0.1) is 0 Å². The molecule has 1 N–H and O–H groups in total. The maximum absolute atomic E-state index is 12.5. The highest BCUT2D eigenvalue weighted by molar-refractivity contribution is 6.06. The highest BCUT2D eigenvalue weighted by Gasteiger charge is 2.49. The van der Waals surface area contributed by atoms with E-state index in [0.29, 0.717) is 13.0 Å². The van der Waals surface area contributed by atoms with Crippen molar-refractivity contribution in [3.8, 4) is 5.75 Å². The normalized spacial score (nSPS) is 23.7. The smallest absolute Gasteiger partial charge is 0.325 e. The van der Waals surface area contributed by atoms with Gasteiger partial charge >= 0.3 is 6.03 Å². The van der Waals surface area contributed by atoms with Gasteiger partial charge < -0.3 is 10.1 Å². The summed E-state index contributed by atoms with van der Waals surface area (Å²) >= 11 is 0.